The fourth-order valence-corrected chi connectivity index (χ4v) is 4.28. The summed E-state index contributed by atoms with van der Waals surface area (Å²) in [6.07, 6.45) is 1.92. The lowest BCUT2D eigenvalue weighted by Gasteiger charge is -2.14. The van der Waals surface area contributed by atoms with Crippen LogP contribution in [0.2, 0.25) is 0 Å². The lowest BCUT2D eigenvalue weighted by molar-refractivity contribution is -0.112. The van der Waals surface area contributed by atoms with Gasteiger partial charge in [-0.15, -0.1) is 0 Å². The van der Waals surface area contributed by atoms with Crippen LogP contribution in [0.25, 0.3) is 6.08 Å². The Bertz CT molecular complexity index is 1260. The third kappa shape index (κ3) is 6.20. The molecule has 0 fully saturated rings. The van der Waals surface area contributed by atoms with Gasteiger partial charge in [-0.2, -0.15) is 5.26 Å². The molecule has 0 atom stereocenters. The number of amides is 1. The number of nitrogens with one attached hydrogen (secondary N) is 1. The second kappa shape index (κ2) is 11.1. The second-order valence-electron chi connectivity index (χ2n) is 7.62. The number of anilines is 1. The zero-order chi connectivity index (χ0) is 24.0. The molecule has 0 heterocycles. The van der Waals surface area contributed by atoms with Crippen LogP contribution in [-0.4, -0.2) is 12.5 Å². The molecule has 1 amide bonds. The molecule has 3 aromatic carbocycles. The summed E-state index contributed by atoms with van der Waals surface area (Å²) in [4.78, 5) is 12.7. The Balaban J connectivity index is 1.93. The number of benzene rings is 3. The first-order valence-corrected chi connectivity index (χ1v) is 11.6. The summed E-state index contributed by atoms with van der Waals surface area (Å²) in [5, 5.41) is 12.4. The minimum atomic E-state index is -0.479. The topological polar surface area (TPSA) is 62.1 Å². The second-order valence-corrected chi connectivity index (χ2v) is 8.79. The van der Waals surface area contributed by atoms with Crippen LogP contribution in [-0.2, 0) is 11.2 Å². The molecule has 0 aliphatic heterocycles. The highest BCUT2D eigenvalue weighted by Gasteiger charge is 2.15. The number of nitrogens with zero attached hydrogens (tertiary/aromatic N) is 1. The van der Waals surface area contributed by atoms with Crippen molar-refractivity contribution in [3.8, 4) is 11.8 Å². The Morgan fingerprint density at radius 3 is 2.61 bits per heavy atom. The molecule has 6 heteroatoms. The van der Waals surface area contributed by atoms with Crippen molar-refractivity contribution in [2.24, 2.45) is 0 Å². The number of nitriles is 1. The predicted molar refractivity (Wildman–Crippen MR) is 138 cm³/mol. The fourth-order valence-electron chi connectivity index (χ4n) is 3.46. The molecule has 1 N–H and O–H groups in total. The minimum Gasteiger partial charge on any atom is -0.494 e. The third-order valence-electron chi connectivity index (χ3n) is 5.11. The fraction of sp³-hybridized carbons (Fsp3) is 0.185. The standard InChI is InChI=1S/C27H24FIN2O2/c1-4-33-26-14-19(13-24(29)22(26)15-20-7-5-6-8-23(20)28)12-21(16-30)27(32)31-25-10-9-17(2)11-18(25)3/h5-14H,4,15H2,1-3H3,(H,31,32)/b21-12+. The number of rotatable bonds is 7. The summed E-state index contributed by atoms with van der Waals surface area (Å²) in [5.41, 5.74) is 4.75. The maximum absolute atomic E-state index is 14.2. The van der Waals surface area contributed by atoms with Crippen LogP contribution in [0.15, 0.2) is 60.2 Å². The van der Waals surface area contributed by atoms with E-state index in [0.717, 1.165) is 20.3 Å². The first-order chi connectivity index (χ1) is 15.8. The lowest BCUT2D eigenvalue weighted by Crippen LogP contribution is -2.14. The van der Waals surface area contributed by atoms with Crippen molar-refractivity contribution in [1.29, 1.82) is 5.26 Å². The van der Waals surface area contributed by atoms with Gasteiger partial charge in [0.1, 0.15) is 23.2 Å². The number of carbonyl (C=O) groups is 1. The molecule has 0 aromatic heterocycles. The van der Waals surface area contributed by atoms with Gasteiger partial charge in [-0.25, -0.2) is 4.39 Å². The molecule has 0 spiro atoms. The Labute approximate surface area is 207 Å². The molecule has 0 aliphatic rings. The Morgan fingerprint density at radius 1 is 1.18 bits per heavy atom. The van der Waals surface area contributed by atoms with E-state index >= 15 is 0 Å². The Kier molecular flexibility index (Phi) is 8.23. The smallest absolute Gasteiger partial charge is 0.266 e. The molecule has 33 heavy (non-hydrogen) atoms. The maximum Gasteiger partial charge on any atom is 0.266 e. The molecular weight excluding hydrogens is 530 g/mol. The van der Waals surface area contributed by atoms with Gasteiger partial charge in [0, 0.05) is 21.2 Å². The number of carbonyl (C=O) groups excluding carboxylic acids is 1. The van der Waals surface area contributed by atoms with Crippen molar-refractivity contribution in [2.45, 2.75) is 27.2 Å². The molecule has 0 saturated heterocycles. The summed E-state index contributed by atoms with van der Waals surface area (Å²) in [5.74, 6) is -0.145. The molecule has 3 aromatic rings. The van der Waals surface area contributed by atoms with E-state index in [4.69, 9.17) is 4.74 Å². The van der Waals surface area contributed by atoms with Crippen LogP contribution in [0, 0.1) is 34.6 Å². The zero-order valence-corrected chi connectivity index (χ0v) is 20.9. The van der Waals surface area contributed by atoms with Crippen LogP contribution >= 0.6 is 22.6 Å². The number of hydrogen-bond acceptors (Lipinski definition) is 3. The van der Waals surface area contributed by atoms with Gasteiger partial charge in [0.2, 0.25) is 0 Å². The van der Waals surface area contributed by atoms with Gasteiger partial charge in [0.05, 0.1) is 6.61 Å². The SMILES string of the molecule is CCOc1cc(/C=C(\C#N)C(=O)Nc2ccc(C)cc2C)cc(I)c1Cc1ccccc1F. The average Bonchev–Trinajstić information content (AvgIpc) is 2.77. The summed E-state index contributed by atoms with van der Waals surface area (Å²) in [6, 6.07) is 18.0. The van der Waals surface area contributed by atoms with Crippen molar-refractivity contribution >= 4 is 40.3 Å². The van der Waals surface area contributed by atoms with E-state index in [1.807, 2.05) is 51.1 Å². The highest BCUT2D eigenvalue weighted by Crippen LogP contribution is 2.30. The van der Waals surface area contributed by atoms with Crippen molar-refractivity contribution in [2.75, 3.05) is 11.9 Å². The van der Waals surface area contributed by atoms with E-state index in [0.29, 0.717) is 35.6 Å². The number of aryl methyl sites for hydroxylation is 2. The van der Waals surface area contributed by atoms with Crippen LogP contribution in [0.4, 0.5) is 10.1 Å². The number of ether oxygens (including phenoxy) is 1. The first kappa shape index (κ1) is 24.5. The molecule has 0 aliphatic carbocycles. The van der Waals surface area contributed by atoms with Gasteiger partial charge in [0.15, 0.2) is 0 Å². The van der Waals surface area contributed by atoms with Crippen molar-refractivity contribution in [1.82, 2.24) is 0 Å². The van der Waals surface area contributed by atoms with Crippen LogP contribution in [0.3, 0.4) is 0 Å². The summed E-state index contributed by atoms with van der Waals surface area (Å²) in [7, 11) is 0. The van der Waals surface area contributed by atoms with Gasteiger partial charge >= 0.3 is 0 Å². The quantitative estimate of drug-likeness (QED) is 0.204. The molecule has 0 unspecified atom stereocenters. The lowest BCUT2D eigenvalue weighted by atomic mass is 10.0. The van der Waals surface area contributed by atoms with Crippen molar-refractivity contribution < 1.29 is 13.9 Å². The molecule has 3 rings (SSSR count). The first-order valence-electron chi connectivity index (χ1n) is 10.5. The van der Waals surface area contributed by atoms with Crippen LogP contribution in [0.1, 0.15) is 34.7 Å². The van der Waals surface area contributed by atoms with Gasteiger partial charge in [-0.3, -0.25) is 4.79 Å². The highest BCUT2D eigenvalue weighted by molar-refractivity contribution is 14.1. The van der Waals surface area contributed by atoms with E-state index in [9.17, 15) is 14.4 Å². The highest BCUT2D eigenvalue weighted by atomic mass is 127. The van der Waals surface area contributed by atoms with Crippen molar-refractivity contribution in [3.63, 3.8) is 0 Å². The zero-order valence-electron chi connectivity index (χ0n) is 18.7. The van der Waals surface area contributed by atoms with E-state index in [1.54, 1.807) is 24.3 Å². The molecule has 0 bridgehead atoms. The van der Waals surface area contributed by atoms with Gasteiger partial charge in [0.25, 0.3) is 5.91 Å². The Hall–Kier alpha value is -3.18. The van der Waals surface area contributed by atoms with E-state index in [2.05, 4.69) is 27.9 Å². The molecule has 0 radical (unpaired) electrons. The number of hydrogen-bond donors (Lipinski definition) is 1. The largest absolute Gasteiger partial charge is 0.494 e. The Morgan fingerprint density at radius 2 is 1.94 bits per heavy atom. The molecule has 4 nitrogen and oxygen atoms in total. The summed E-state index contributed by atoms with van der Waals surface area (Å²) >= 11 is 2.18. The molecule has 168 valence electrons. The molecule has 0 saturated carbocycles. The van der Waals surface area contributed by atoms with Crippen LogP contribution < -0.4 is 10.1 Å². The summed E-state index contributed by atoms with van der Waals surface area (Å²) < 4.78 is 20.9. The van der Waals surface area contributed by atoms with Gasteiger partial charge < -0.3 is 10.1 Å². The predicted octanol–water partition coefficient (Wildman–Crippen LogP) is 6.58. The maximum atomic E-state index is 14.2. The minimum absolute atomic E-state index is 0.0184. The number of halogens is 2. The average molecular weight is 554 g/mol. The van der Waals surface area contributed by atoms with E-state index in [1.165, 1.54) is 12.1 Å². The normalized spacial score (nSPS) is 11.1. The summed E-state index contributed by atoms with van der Waals surface area (Å²) in [6.45, 7) is 6.20. The van der Waals surface area contributed by atoms with Gasteiger partial charge in [-0.05, 0) is 90.4 Å². The van der Waals surface area contributed by atoms with Crippen LogP contribution in [0.5, 0.6) is 5.75 Å². The van der Waals surface area contributed by atoms with E-state index in [-0.39, 0.29) is 11.4 Å². The monoisotopic (exact) mass is 554 g/mol. The molecular formula is C27H24FIN2O2. The van der Waals surface area contributed by atoms with Gasteiger partial charge in [-0.1, -0.05) is 35.9 Å². The van der Waals surface area contributed by atoms with Crippen molar-refractivity contribution in [3.05, 3.63) is 97.4 Å². The third-order valence-corrected chi connectivity index (χ3v) is 6.07. The van der Waals surface area contributed by atoms with E-state index < -0.39 is 5.91 Å².